The average molecular weight is 388 g/mol. The number of sulfone groups is 1. The summed E-state index contributed by atoms with van der Waals surface area (Å²) in [6.07, 6.45) is 1.12. The SMILES string of the molecule is CC(c1ccc(S(C)(=O)=O)cc1)N(C)S(=O)(=O)c1ccccc1Cl. The maximum Gasteiger partial charge on any atom is 0.244 e. The first-order valence-corrected chi connectivity index (χ1v) is 10.8. The topological polar surface area (TPSA) is 71.5 Å². The van der Waals surface area contributed by atoms with Crippen LogP contribution in [-0.4, -0.2) is 34.4 Å². The first kappa shape index (κ1) is 18.9. The minimum atomic E-state index is -3.77. The number of hydrogen-bond donors (Lipinski definition) is 0. The molecule has 0 aliphatic carbocycles. The van der Waals surface area contributed by atoms with Crippen LogP contribution in [0.1, 0.15) is 18.5 Å². The van der Waals surface area contributed by atoms with Crippen LogP contribution in [0.25, 0.3) is 0 Å². The first-order valence-electron chi connectivity index (χ1n) is 7.07. The van der Waals surface area contributed by atoms with Gasteiger partial charge in [-0.2, -0.15) is 4.31 Å². The van der Waals surface area contributed by atoms with Crippen molar-refractivity contribution < 1.29 is 16.8 Å². The fourth-order valence-corrected chi connectivity index (χ4v) is 4.69. The molecule has 0 bridgehead atoms. The van der Waals surface area contributed by atoms with Gasteiger partial charge in [0.1, 0.15) is 4.90 Å². The van der Waals surface area contributed by atoms with Crippen molar-refractivity contribution in [3.63, 3.8) is 0 Å². The Hall–Kier alpha value is -1.41. The third-order valence-electron chi connectivity index (χ3n) is 3.83. The van der Waals surface area contributed by atoms with E-state index < -0.39 is 25.9 Å². The lowest BCUT2D eigenvalue weighted by molar-refractivity contribution is 0.398. The van der Waals surface area contributed by atoms with Crippen LogP contribution in [0.3, 0.4) is 0 Å². The van der Waals surface area contributed by atoms with Crippen molar-refractivity contribution in [2.75, 3.05) is 13.3 Å². The lowest BCUT2D eigenvalue weighted by Crippen LogP contribution is -2.30. The average Bonchev–Trinajstić information content (AvgIpc) is 2.53. The molecule has 2 aromatic carbocycles. The van der Waals surface area contributed by atoms with Gasteiger partial charge in [0.05, 0.1) is 9.92 Å². The summed E-state index contributed by atoms with van der Waals surface area (Å²) in [5, 5.41) is 0.156. The molecule has 0 saturated carbocycles. The van der Waals surface area contributed by atoms with E-state index in [9.17, 15) is 16.8 Å². The van der Waals surface area contributed by atoms with Crippen LogP contribution in [0.4, 0.5) is 0 Å². The third-order valence-corrected chi connectivity index (χ3v) is 7.39. The predicted octanol–water partition coefficient (Wildman–Crippen LogP) is 3.13. The van der Waals surface area contributed by atoms with E-state index in [0.29, 0.717) is 5.56 Å². The van der Waals surface area contributed by atoms with Crippen molar-refractivity contribution in [1.29, 1.82) is 0 Å². The quantitative estimate of drug-likeness (QED) is 0.790. The standard InChI is InChI=1S/C16H18ClNO4S2/c1-12(13-8-10-14(11-9-13)23(3,19)20)18(2)24(21,22)16-7-5-4-6-15(16)17/h4-12H,1-3H3. The summed E-state index contributed by atoms with van der Waals surface area (Å²) in [6.45, 7) is 1.73. The van der Waals surface area contributed by atoms with E-state index in [1.807, 2.05) is 0 Å². The van der Waals surface area contributed by atoms with E-state index in [1.54, 1.807) is 31.2 Å². The molecule has 0 aliphatic rings. The summed E-state index contributed by atoms with van der Waals surface area (Å²) in [5.41, 5.74) is 0.681. The molecule has 2 rings (SSSR count). The molecule has 1 unspecified atom stereocenters. The summed E-state index contributed by atoms with van der Waals surface area (Å²) in [4.78, 5) is 0.226. The minimum absolute atomic E-state index is 0.0359. The van der Waals surface area contributed by atoms with E-state index >= 15 is 0 Å². The normalized spacial score (nSPS) is 13.9. The molecular weight excluding hydrogens is 370 g/mol. The maximum absolute atomic E-state index is 12.7. The van der Waals surface area contributed by atoms with Gasteiger partial charge in [-0.15, -0.1) is 0 Å². The van der Waals surface area contributed by atoms with Crippen LogP contribution >= 0.6 is 11.6 Å². The molecule has 0 fully saturated rings. The van der Waals surface area contributed by atoms with E-state index in [2.05, 4.69) is 0 Å². The highest BCUT2D eigenvalue weighted by atomic mass is 35.5. The zero-order chi connectivity index (χ0) is 18.1. The van der Waals surface area contributed by atoms with E-state index in [1.165, 1.54) is 35.6 Å². The van der Waals surface area contributed by atoms with Gasteiger partial charge < -0.3 is 0 Å². The molecule has 0 radical (unpaired) electrons. The molecule has 0 saturated heterocycles. The van der Waals surface area contributed by atoms with Gasteiger partial charge in [0.25, 0.3) is 0 Å². The number of hydrogen-bond acceptors (Lipinski definition) is 4. The van der Waals surface area contributed by atoms with Gasteiger partial charge in [0.2, 0.25) is 10.0 Å². The molecule has 0 aromatic heterocycles. The van der Waals surface area contributed by atoms with Gasteiger partial charge in [-0.3, -0.25) is 0 Å². The van der Waals surface area contributed by atoms with Gasteiger partial charge in [0.15, 0.2) is 9.84 Å². The van der Waals surface area contributed by atoms with Crippen molar-refractivity contribution >= 4 is 31.5 Å². The minimum Gasteiger partial charge on any atom is -0.224 e. The summed E-state index contributed by atoms with van der Waals surface area (Å²) in [5.74, 6) is 0. The summed E-state index contributed by atoms with van der Waals surface area (Å²) in [7, 11) is -5.60. The first-order chi connectivity index (χ1) is 11.0. The van der Waals surface area contributed by atoms with Crippen molar-refractivity contribution in [3.8, 4) is 0 Å². The lowest BCUT2D eigenvalue weighted by atomic mass is 10.1. The lowest BCUT2D eigenvalue weighted by Gasteiger charge is -2.25. The second kappa shape index (κ2) is 6.84. The van der Waals surface area contributed by atoms with E-state index in [0.717, 1.165) is 6.26 Å². The van der Waals surface area contributed by atoms with Crippen molar-refractivity contribution in [2.45, 2.75) is 22.8 Å². The van der Waals surface area contributed by atoms with Crippen molar-refractivity contribution in [2.24, 2.45) is 0 Å². The Morgan fingerprint density at radius 2 is 1.50 bits per heavy atom. The molecule has 0 N–H and O–H groups in total. The van der Waals surface area contributed by atoms with Crippen LogP contribution in [0.15, 0.2) is 58.3 Å². The van der Waals surface area contributed by atoms with Crippen LogP contribution in [0.5, 0.6) is 0 Å². The van der Waals surface area contributed by atoms with Crippen LogP contribution in [-0.2, 0) is 19.9 Å². The molecule has 0 spiro atoms. The number of halogens is 1. The molecule has 0 aliphatic heterocycles. The molecule has 130 valence electrons. The van der Waals surface area contributed by atoms with Crippen LogP contribution < -0.4 is 0 Å². The fraction of sp³-hybridized carbons (Fsp3) is 0.250. The molecule has 8 heteroatoms. The van der Waals surface area contributed by atoms with Crippen molar-refractivity contribution in [1.82, 2.24) is 4.31 Å². The highest BCUT2D eigenvalue weighted by Gasteiger charge is 2.28. The van der Waals surface area contributed by atoms with Crippen LogP contribution in [0, 0.1) is 0 Å². The van der Waals surface area contributed by atoms with E-state index in [4.69, 9.17) is 11.6 Å². The molecule has 0 amide bonds. The smallest absolute Gasteiger partial charge is 0.224 e. The Kier molecular flexibility index (Phi) is 5.39. The molecule has 24 heavy (non-hydrogen) atoms. The van der Waals surface area contributed by atoms with Gasteiger partial charge in [0, 0.05) is 19.3 Å². The van der Waals surface area contributed by atoms with Gasteiger partial charge in [-0.05, 0) is 36.8 Å². The Morgan fingerprint density at radius 3 is 2.00 bits per heavy atom. The summed E-state index contributed by atoms with van der Waals surface area (Å²) >= 11 is 6.00. The monoisotopic (exact) mass is 387 g/mol. The van der Waals surface area contributed by atoms with Crippen LogP contribution in [0.2, 0.25) is 5.02 Å². The second-order valence-corrected chi connectivity index (χ2v) is 9.86. The van der Waals surface area contributed by atoms with Gasteiger partial charge in [-0.25, -0.2) is 16.8 Å². The summed E-state index contributed by atoms with van der Waals surface area (Å²) in [6, 6.07) is 11.9. The van der Waals surface area contributed by atoms with E-state index in [-0.39, 0.29) is 14.8 Å². The Morgan fingerprint density at radius 1 is 0.958 bits per heavy atom. The molecule has 1 atom stereocenters. The van der Waals surface area contributed by atoms with Gasteiger partial charge in [-0.1, -0.05) is 35.9 Å². The molecule has 2 aromatic rings. The number of rotatable bonds is 5. The molecular formula is C16H18ClNO4S2. The Bertz CT molecular complexity index is 938. The van der Waals surface area contributed by atoms with Crippen molar-refractivity contribution in [3.05, 3.63) is 59.1 Å². The summed E-state index contributed by atoms with van der Waals surface area (Å²) < 4.78 is 49.7. The fourth-order valence-electron chi connectivity index (χ4n) is 2.22. The molecule has 5 nitrogen and oxygen atoms in total. The van der Waals surface area contributed by atoms with Gasteiger partial charge >= 0.3 is 0 Å². The third kappa shape index (κ3) is 3.80. The predicted molar refractivity (Wildman–Crippen MR) is 94.4 cm³/mol. The number of nitrogens with zero attached hydrogens (tertiary/aromatic N) is 1. The molecule has 0 heterocycles. The maximum atomic E-state index is 12.7. The highest BCUT2D eigenvalue weighted by molar-refractivity contribution is 7.90. The number of benzene rings is 2. The largest absolute Gasteiger partial charge is 0.244 e. The Balaban J connectivity index is 2.36. The zero-order valence-corrected chi connectivity index (χ0v) is 15.9. The Labute approximate surface area is 147 Å². The number of sulfonamides is 1. The zero-order valence-electron chi connectivity index (χ0n) is 13.5. The highest BCUT2D eigenvalue weighted by Crippen LogP contribution is 2.29. The second-order valence-electron chi connectivity index (χ2n) is 5.47.